The predicted molar refractivity (Wildman–Crippen MR) is 158 cm³/mol. The average molecular weight is 561 g/mol. The summed E-state index contributed by atoms with van der Waals surface area (Å²) in [6.45, 7) is 2.57. The topological polar surface area (TPSA) is 103 Å². The highest BCUT2D eigenvalue weighted by Gasteiger charge is 2.40. The summed E-state index contributed by atoms with van der Waals surface area (Å²) < 4.78 is 0. The normalized spacial score (nSPS) is 20.5. The Morgan fingerprint density at radius 1 is 0.929 bits per heavy atom. The Morgan fingerprint density at radius 3 is 2.50 bits per heavy atom. The molecule has 0 spiro atoms. The Bertz CT molecular complexity index is 1710. The summed E-state index contributed by atoms with van der Waals surface area (Å²) in [5.74, 6) is -0.920. The van der Waals surface area contributed by atoms with Gasteiger partial charge in [0.2, 0.25) is 11.8 Å². The van der Waals surface area contributed by atoms with Gasteiger partial charge in [-0.3, -0.25) is 24.6 Å². The van der Waals surface area contributed by atoms with Gasteiger partial charge in [0.15, 0.2) is 0 Å². The molecule has 2 N–H and O–H groups in total. The maximum atomic E-state index is 13.1. The van der Waals surface area contributed by atoms with Crippen LogP contribution in [0.3, 0.4) is 0 Å². The SMILES string of the molecule is O=C1CCC(N2Cc3cc(C4(O)CCN(Cc5ccc6ccc(-c7ccccc7)nc6c5)CC4)ccc3C2=O)C(=O)N1. The highest BCUT2D eigenvalue weighted by atomic mass is 16.3. The Kier molecular flexibility index (Phi) is 6.60. The van der Waals surface area contributed by atoms with Crippen molar-refractivity contribution in [1.29, 1.82) is 0 Å². The molecule has 7 rings (SSSR count). The van der Waals surface area contributed by atoms with Crippen molar-refractivity contribution in [2.24, 2.45) is 0 Å². The number of carbonyl (C=O) groups is 3. The largest absolute Gasteiger partial charge is 0.385 e. The molecule has 0 saturated carbocycles. The average Bonchev–Trinajstić information content (AvgIpc) is 3.33. The van der Waals surface area contributed by atoms with Crippen molar-refractivity contribution in [1.82, 2.24) is 20.1 Å². The van der Waals surface area contributed by atoms with Gasteiger partial charge in [0, 0.05) is 49.1 Å². The number of hydrogen-bond donors (Lipinski definition) is 2. The van der Waals surface area contributed by atoms with Gasteiger partial charge in [0.05, 0.1) is 16.8 Å². The van der Waals surface area contributed by atoms with Crippen LogP contribution >= 0.6 is 0 Å². The lowest BCUT2D eigenvalue weighted by molar-refractivity contribution is -0.136. The van der Waals surface area contributed by atoms with E-state index in [9.17, 15) is 19.5 Å². The van der Waals surface area contributed by atoms with Crippen LogP contribution < -0.4 is 5.32 Å². The molecule has 0 radical (unpaired) electrons. The number of carbonyl (C=O) groups excluding carboxylic acids is 3. The van der Waals surface area contributed by atoms with Crippen LogP contribution in [0.15, 0.2) is 78.9 Å². The molecule has 2 saturated heterocycles. The van der Waals surface area contributed by atoms with Crippen LogP contribution in [0, 0.1) is 0 Å². The van der Waals surface area contributed by atoms with E-state index in [0.29, 0.717) is 31.4 Å². The van der Waals surface area contributed by atoms with Gasteiger partial charge >= 0.3 is 0 Å². The van der Waals surface area contributed by atoms with Crippen LogP contribution in [-0.4, -0.2) is 56.7 Å². The fourth-order valence-corrected chi connectivity index (χ4v) is 6.52. The first kappa shape index (κ1) is 26.5. The summed E-state index contributed by atoms with van der Waals surface area (Å²) in [5, 5.41) is 15.1. The molecule has 0 bridgehead atoms. The van der Waals surface area contributed by atoms with Crippen molar-refractivity contribution >= 4 is 28.6 Å². The van der Waals surface area contributed by atoms with Gasteiger partial charge in [-0.25, -0.2) is 4.98 Å². The van der Waals surface area contributed by atoms with Crippen molar-refractivity contribution < 1.29 is 19.5 Å². The van der Waals surface area contributed by atoms with E-state index in [0.717, 1.165) is 52.9 Å². The molecule has 4 aromatic rings. The highest BCUT2D eigenvalue weighted by molar-refractivity contribution is 6.05. The van der Waals surface area contributed by atoms with E-state index in [2.05, 4.69) is 52.7 Å². The molecule has 3 aliphatic heterocycles. The summed E-state index contributed by atoms with van der Waals surface area (Å²) in [4.78, 5) is 45.8. The second kappa shape index (κ2) is 10.5. The van der Waals surface area contributed by atoms with Crippen molar-refractivity contribution in [3.05, 3.63) is 101 Å². The minimum atomic E-state index is -0.980. The number of amides is 3. The van der Waals surface area contributed by atoms with Gasteiger partial charge in [-0.15, -0.1) is 0 Å². The number of piperidine rings is 2. The van der Waals surface area contributed by atoms with Gasteiger partial charge in [-0.05, 0) is 54.2 Å². The van der Waals surface area contributed by atoms with Crippen molar-refractivity contribution in [2.75, 3.05) is 13.1 Å². The van der Waals surface area contributed by atoms with E-state index in [-0.39, 0.29) is 18.2 Å². The third kappa shape index (κ3) is 4.86. The molecule has 2 fully saturated rings. The number of hydrogen-bond acceptors (Lipinski definition) is 6. The molecule has 1 unspecified atom stereocenters. The van der Waals surface area contributed by atoms with Crippen LogP contribution in [0.25, 0.3) is 22.2 Å². The van der Waals surface area contributed by atoms with Gasteiger partial charge < -0.3 is 10.0 Å². The lowest BCUT2D eigenvalue weighted by Crippen LogP contribution is -2.52. The molecule has 1 atom stereocenters. The number of aromatic nitrogens is 1. The lowest BCUT2D eigenvalue weighted by Gasteiger charge is -2.38. The fourth-order valence-electron chi connectivity index (χ4n) is 6.52. The Morgan fingerprint density at radius 2 is 1.71 bits per heavy atom. The van der Waals surface area contributed by atoms with E-state index in [1.54, 1.807) is 11.0 Å². The van der Waals surface area contributed by atoms with Crippen molar-refractivity contribution in [3.63, 3.8) is 0 Å². The van der Waals surface area contributed by atoms with Crippen LogP contribution in [0.2, 0.25) is 0 Å². The van der Waals surface area contributed by atoms with E-state index < -0.39 is 17.6 Å². The summed E-state index contributed by atoms with van der Waals surface area (Å²) >= 11 is 0. The van der Waals surface area contributed by atoms with E-state index >= 15 is 0 Å². The van der Waals surface area contributed by atoms with Crippen LogP contribution in [0.5, 0.6) is 0 Å². The first-order valence-corrected chi connectivity index (χ1v) is 14.5. The molecule has 4 heterocycles. The smallest absolute Gasteiger partial charge is 0.255 e. The molecule has 0 aliphatic carbocycles. The number of likely N-dealkylation sites (tertiary alicyclic amines) is 1. The Labute approximate surface area is 244 Å². The molecule has 8 heteroatoms. The monoisotopic (exact) mass is 560 g/mol. The lowest BCUT2D eigenvalue weighted by atomic mass is 9.83. The summed E-state index contributed by atoms with van der Waals surface area (Å²) in [7, 11) is 0. The Hall–Kier alpha value is -4.40. The molecule has 42 heavy (non-hydrogen) atoms. The van der Waals surface area contributed by atoms with Crippen LogP contribution in [-0.2, 0) is 28.3 Å². The standard InChI is InChI=1S/C34H32N4O4/c39-31-13-12-30(32(40)36-31)38-21-25-19-26(9-10-27(25)33(38)41)34(42)14-16-37(17-15-34)20-22-6-7-24-8-11-28(35-29(24)18-22)23-4-2-1-3-5-23/h1-11,18-19,30,42H,12-17,20-21H2,(H,36,39,40). The molecule has 1 aromatic heterocycles. The zero-order valence-corrected chi connectivity index (χ0v) is 23.3. The zero-order chi connectivity index (χ0) is 28.8. The van der Waals surface area contributed by atoms with Gasteiger partial charge in [-0.2, -0.15) is 0 Å². The second-order valence-electron chi connectivity index (χ2n) is 11.7. The zero-order valence-electron chi connectivity index (χ0n) is 23.3. The Balaban J connectivity index is 1.02. The number of pyridine rings is 1. The third-order valence-electron chi connectivity index (χ3n) is 8.98. The molecule has 3 amide bonds. The molecule has 8 nitrogen and oxygen atoms in total. The summed E-state index contributed by atoms with van der Waals surface area (Å²) in [5.41, 5.74) is 5.42. The maximum Gasteiger partial charge on any atom is 0.255 e. The van der Waals surface area contributed by atoms with E-state index in [4.69, 9.17) is 4.98 Å². The van der Waals surface area contributed by atoms with E-state index in [1.807, 2.05) is 30.3 Å². The van der Waals surface area contributed by atoms with E-state index in [1.165, 1.54) is 5.56 Å². The predicted octanol–water partition coefficient (Wildman–Crippen LogP) is 4.15. The number of benzene rings is 3. The summed E-state index contributed by atoms with van der Waals surface area (Å²) in [6, 6.07) is 25.7. The molecule has 212 valence electrons. The van der Waals surface area contributed by atoms with Crippen molar-refractivity contribution in [2.45, 2.75) is 50.4 Å². The van der Waals surface area contributed by atoms with Crippen molar-refractivity contribution in [3.8, 4) is 11.3 Å². The van der Waals surface area contributed by atoms with Crippen LogP contribution in [0.1, 0.15) is 52.7 Å². The van der Waals surface area contributed by atoms with Gasteiger partial charge in [0.1, 0.15) is 6.04 Å². The van der Waals surface area contributed by atoms with Gasteiger partial charge in [0.25, 0.3) is 5.91 Å². The second-order valence-corrected chi connectivity index (χ2v) is 11.7. The minimum Gasteiger partial charge on any atom is -0.385 e. The number of rotatable bonds is 5. The number of aliphatic hydroxyl groups is 1. The number of nitrogens with one attached hydrogen (secondary N) is 1. The number of nitrogens with zero attached hydrogens (tertiary/aromatic N) is 3. The van der Waals surface area contributed by atoms with Crippen LogP contribution in [0.4, 0.5) is 0 Å². The molecular formula is C34H32N4O4. The fraction of sp³-hybridized carbons (Fsp3) is 0.294. The first-order valence-electron chi connectivity index (χ1n) is 14.5. The summed E-state index contributed by atoms with van der Waals surface area (Å²) in [6.07, 6.45) is 1.72. The maximum absolute atomic E-state index is 13.1. The highest BCUT2D eigenvalue weighted by Crippen LogP contribution is 2.37. The number of imide groups is 1. The third-order valence-corrected chi connectivity index (χ3v) is 8.98. The minimum absolute atomic E-state index is 0.200. The van der Waals surface area contributed by atoms with Gasteiger partial charge in [-0.1, -0.05) is 60.7 Å². The molecular weight excluding hydrogens is 528 g/mol. The first-order chi connectivity index (χ1) is 20.4. The molecule has 3 aromatic carbocycles. The molecule has 3 aliphatic rings. The quantitative estimate of drug-likeness (QED) is 0.356. The number of fused-ring (bicyclic) bond motifs is 2.